The van der Waals surface area contributed by atoms with Crippen molar-refractivity contribution in [2.45, 2.75) is 25.5 Å². The van der Waals surface area contributed by atoms with Gasteiger partial charge in [0.05, 0.1) is 11.3 Å². The van der Waals surface area contributed by atoms with E-state index in [1.165, 1.54) is 16.2 Å². The first-order valence-electron chi connectivity index (χ1n) is 9.94. The highest BCUT2D eigenvalue weighted by Crippen LogP contribution is 2.32. The number of thiazole rings is 1. The Morgan fingerprint density at radius 1 is 1.23 bits per heavy atom. The van der Waals surface area contributed by atoms with Crippen LogP contribution in [0.25, 0.3) is 0 Å². The minimum Gasteiger partial charge on any atom is -0.454 e. The predicted molar refractivity (Wildman–Crippen MR) is 115 cm³/mol. The summed E-state index contributed by atoms with van der Waals surface area (Å²) in [7, 11) is 2.09. The second kappa shape index (κ2) is 7.66. The lowest BCUT2D eigenvalue weighted by Gasteiger charge is -2.25. The van der Waals surface area contributed by atoms with Gasteiger partial charge >= 0.3 is 5.97 Å². The molecule has 2 aromatic carbocycles. The Balaban J connectivity index is 1.36. The topological polar surface area (TPSA) is 71.5 Å². The molecule has 1 amide bonds. The first-order chi connectivity index (χ1) is 14.6. The Morgan fingerprint density at radius 2 is 2.07 bits per heavy atom. The van der Waals surface area contributed by atoms with Crippen molar-refractivity contribution < 1.29 is 14.3 Å². The highest BCUT2D eigenvalue weighted by molar-refractivity contribution is 7.15. The lowest BCUT2D eigenvalue weighted by Crippen LogP contribution is -2.25. The number of rotatable bonds is 3. The van der Waals surface area contributed by atoms with Gasteiger partial charge in [-0.1, -0.05) is 30.3 Å². The zero-order valence-electron chi connectivity index (χ0n) is 16.6. The summed E-state index contributed by atoms with van der Waals surface area (Å²) in [5.41, 5.74) is 3.89. The number of likely N-dealkylation sites (N-methyl/N-ethyl adjacent to an activating group) is 1. The summed E-state index contributed by atoms with van der Waals surface area (Å²) in [5, 5.41) is 3.55. The van der Waals surface area contributed by atoms with Crippen molar-refractivity contribution in [2.24, 2.45) is 0 Å². The SMILES string of the molecule is CN1CCc2nc(NC(=O)c3ccc4c(c3)C[C@@H](c3ccccc3)OC4=O)sc2C1. The smallest absolute Gasteiger partial charge is 0.339 e. The van der Waals surface area contributed by atoms with E-state index in [1.54, 1.807) is 18.2 Å². The number of esters is 1. The van der Waals surface area contributed by atoms with Crippen LogP contribution in [0.2, 0.25) is 0 Å². The molecule has 3 aromatic rings. The molecule has 2 aliphatic heterocycles. The minimum absolute atomic E-state index is 0.215. The number of hydrogen-bond acceptors (Lipinski definition) is 6. The molecule has 0 bridgehead atoms. The van der Waals surface area contributed by atoms with Crippen molar-refractivity contribution in [1.29, 1.82) is 0 Å². The van der Waals surface area contributed by atoms with Gasteiger partial charge in [0.25, 0.3) is 5.91 Å². The number of carbonyl (C=O) groups excluding carboxylic acids is 2. The molecule has 0 unspecified atom stereocenters. The maximum Gasteiger partial charge on any atom is 0.339 e. The van der Waals surface area contributed by atoms with Gasteiger partial charge in [-0.05, 0) is 36.4 Å². The normalized spacial score (nSPS) is 18.3. The predicted octanol–water partition coefficient (Wildman–Crippen LogP) is 3.84. The fraction of sp³-hybridized carbons (Fsp3) is 0.261. The summed E-state index contributed by atoms with van der Waals surface area (Å²) in [6.07, 6.45) is 1.11. The second-order valence-corrected chi connectivity index (χ2v) is 8.80. The number of hydrogen-bond donors (Lipinski definition) is 1. The van der Waals surface area contributed by atoms with Crippen molar-refractivity contribution >= 4 is 28.3 Å². The van der Waals surface area contributed by atoms with E-state index in [2.05, 4.69) is 22.2 Å². The Labute approximate surface area is 178 Å². The molecule has 1 aromatic heterocycles. The molecule has 2 aliphatic rings. The molecule has 1 atom stereocenters. The summed E-state index contributed by atoms with van der Waals surface area (Å²) < 4.78 is 5.60. The van der Waals surface area contributed by atoms with Gasteiger partial charge in [-0.3, -0.25) is 10.1 Å². The van der Waals surface area contributed by atoms with Gasteiger partial charge in [-0.25, -0.2) is 9.78 Å². The van der Waals surface area contributed by atoms with Crippen LogP contribution in [0.15, 0.2) is 48.5 Å². The van der Waals surface area contributed by atoms with Crippen LogP contribution in [0, 0.1) is 0 Å². The van der Waals surface area contributed by atoms with Gasteiger partial charge in [0.15, 0.2) is 5.13 Å². The zero-order chi connectivity index (χ0) is 20.7. The fourth-order valence-corrected chi connectivity index (χ4v) is 5.02. The van der Waals surface area contributed by atoms with Crippen molar-refractivity contribution in [3.05, 3.63) is 81.4 Å². The number of anilines is 1. The molecule has 6 nitrogen and oxygen atoms in total. The Morgan fingerprint density at radius 3 is 2.90 bits per heavy atom. The van der Waals surface area contributed by atoms with Crippen LogP contribution in [-0.4, -0.2) is 35.4 Å². The summed E-state index contributed by atoms with van der Waals surface area (Å²) in [4.78, 5) is 33.3. The van der Waals surface area contributed by atoms with Crippen LogP contribution >= 0.6 is 11.3 Å². The number of carbonyl (C=O) groups is 2. The molecule has 5 rings (SSSR count). The van der Waals surface area contributed by atoms with Gasteiger partial charge in [-0.15, -0.1) is 11.3 Å². The Hall–Kier alpha value is -3.03. The molecular weight excluding hydrogens is 398 g/mol. The first-order valence-corrected chi connectivity index (χ1v) is 10.8. The summed E-state index contributed by atoms with van der Waals surface area (Å²) in [5.74, 6) is -0.568. The molecule has 30 heavy (non-hydrogen) atoms. The summed E-state index contributed by atoms with van der Waals surface area (Å²) in [6, 6.07) is 14.8. The fourth-order valence-electron chi connectivity index (χ4n) is 3.94. The van der Waals surface area contributed by atoms with E-state index in [9.17, 15) is 9.59 Å². The van der Waals surface area contributed by atoms with Crippen LogP contribution in [0.3, 0.4) is 0 Å². The van der Waals surface area contributed by atoms with Crippen molar-refractivity contribution in [3.63, 3.8) is 0 Å². The average Bonchev–Trinajstić information content (AvgIpc) is 3.15. The monoisotopic (exact) mass is 419 g/mol. The minimum atomic E-state index is -0.353. The molecular formula is C23H21N3O3S. The number of aromatic nitrogens is 1. The number of fused-ring (bicyclic) bond motifs is 2. The van der Waals surface area contributed by atoms with E-state index in [4.69, 9.17) is 4.74 Å². The van der Waals surface area contributed by atoms with E-state index in [1.807, 2.05) is 30.3 Å². The number of benzene rings is 2. The van der Waals surface area contributed by atoms with Gasteiger partial charge < -0.3 is 9.64 Å². The van der Waals surface area contributed by atoms with Gasteiger partial charge in [0.2, 0.25) is 0 Å². The number of nitrogens with one attached hydrogen (secondary N) is 1. The number of cyclic esters (lactones) is 1. The largest absolute Gasteiger partial charge is 0.454 e. The van der Waals surface area contributed by atoms with Crippen LogP contribution in [0.4, 0.5) is 5.13 Å². The number of amides is 1. The Bertz CT molecular complexity index is 1130. The molecule has 0 saturated heterocycles. The lowest BCUT2D eigenvalue weighted by molar-refractivity contribution is 0.0252. The summed E-state index contributed by atoms with van der Waals surface area (Å²) in [6.45, 7) is 1.85. The van der Waals surface area contributed by atoms with Crippen LogP contribution in [0.5, 0.6) is 0 Å². The molecule has 152 valence electrons. The quantitative estimate of drug-likeness (QED) is 0.653. The highest BCUT2D eigenvalue weighted by atomic mass is 32.1. The Kier molecular flexibility index (Phi) is 4.84. The van der Waals surface area contributed by atoms with Crippen LogP contribution in [0.1, 0.15) is 48.5 Å². The number of nitrogens with zero attached hydrogens (tertiary/aromatic N) is 2. The molecule has 0 fully saturated rings. The maximum atomic E-state index is 12.8. The average molecular weight is 420 g/mol. The number of ether oxygens (including phenoxy) is 1. The van der Waals surface area contributed by atoms with E-state index < -0.39 is 0 Å². The van der Waals surface area contributed by atoms with E-state index in [-0.39, 0.29) is 18.0 Å². The summed E-state index contributed by atoms with van der Waals surface area (Å²) >= 11 is 1.53. The first kappa shape index (κ1) is 19.0. The maximum absolute atomic E-state index is 12.8. The second-order valence-electron chi connectivity index (χ2n) is 7.71. The third-order valence-corrected chi connectivity index (χ3v) is 6.55. The van der Waals surface area contributed by atoms with Crippen molar-refractivity contribution in [3.8, 4) is 0 Å². The molecule has 0 saturated carbocycles. The van der Waals surface area contributed by atoms with Crippen molar-refractivity contribution in [2.75, 3.05) is 18.9 Å². The van der Waals surface area contributed by atoms with E-state index in [0.717, 1.165) is 36.3 Å². The van der Waals surface area contributed by atoms with Gasteiger partial charge in [-0.2, -0.15) is 0 Å². The van der Waals surface area contributed by atoms with Gasteiger partial charge in [0.1, 0.15) is 6.10 Å². The highest BCUT2D eigenvalue weighted by Gasteiger charge is 2.28. The standard InChI is InChI=1S/C23H21N3O3S/c1-26-10-9-18-20(13-26)30-23(24-18)25-21(27)15-7-8-17-16(11-15)12-19(29-22(17)28)14-5-3-2-4-6-14/h2-8,11,19H,9-10,12-13H2,1H3,(H,24,25,27)/t19-/m0/s1. The molecule has 1 N–H and O–H groups in total. The van der Waals surface area contributed by atoms with E-state index in [0.29, 0.717) is 22.7 Å². The lowest BCUT2D eigenvalue weighted by atomic mass is 9.93. The van der Waals surface area contributed by atoms with Crippen LogP contribution < -0.4 is 5.32 Å². The van der Waals surface area contributed by atoms with Crippen LogP contribution in [-0.2, 0) is 24.1 Å². The molecule has 3 heterocycles. The zero-order valence-corrected chi connectivity index (χ0v) is 17.4. The molecule has 0 spiro atoms. The molecule has 0 aliphatic carbocycles. The third kappa shape index (κ3) is 3.62. The molecule has 7 heteroatoms. The molecule has 0 radical (unpaired) electrons. The third-order valence-electron chi connectivity index (χ3n) is 5.56. The van der Waals surface area contributed by atoms with Crippen molar-refractivity contribution in [1.82, 2.24) is 9.88 Å². The van der Waals surface area contributed by atoms with E-state index >= 15 is 0 Å². The van der Waals surface area contributed by atoms with Gasteiger partial charge in [0, 0.05) is 36.4 Å².